The fraction of sp³-hybridized carbons (Fsp3) is 0.292. The van der Waals surface area contributed by atoms with E-state index in [-0.39, 0.29) is 74.1 Å². The van der Waals surface area contributed by atoms with E-state index in [1.54, 1.807) is 95.8 Å². The average molecular weight is 1240 g/mol. The molecule has 4 aromatic carbocycles. The number of benzene rings is 4. The van der Waals surface area contributed by atoms with Crippen molar-refractivity contribution in [3.05, 3.63) is 177 Å². The van der Waals surface area contributed by atoms with Crippen LogP contribution in [0.5, 0.6) is 0 Å². The minimum Gasteiger partial charge on any atom is -0.478 e. The lowest BCUT2D eigenvalue weighted by atomic mass is 9.75. The predicted molar refractivity (Wildman–Crippen MR) is 331 cm³/mol. The van der Waals surface area contributed by atoms with Gasteiger partial charge < -0.3 is 32.1 Å². The number of carbonyl (C=O) groups is 4. The second-order valence-electron chi connectivity index (χ2n) is 21.4. The maximum absolute atomic E-state index is 13.1. The van der Waals surface area contributed by atoms with Crippen molar-refractivity contribution >= 4 is 102 Å². The van der Waals surface area contributed by atoms with E-state index in [2.05, 4.69) is 58.6 Å². The number of nitrogens with one attached hydrogen (secondary N) is 1. The molecule has 452 valence electrons. The number of pyridine rings is 2. The number of halogens is 7. The van der Waals surface area contributed by atoms with Crippen LogP contribution in [0.15, 0.2) is 134 Å². The molecule has 4 aromatic heterocycles. The molecule has 1 aliphatic heterocycles. The molecule has 1 saturated heterocycles. The fourth-order valence-electron chi connectivity index (χ4n) is 10.0. The first kappa shape index (κ1) is 65.9. The molecule has 0 bridgehead atoms. The van der Waals surface area contributed by atoms with E-state index in [1.165, 1.54) is 4.70 Å². The van der Waals surface area contributed by atoms with Crippen molar-refractivity contribution in [3.8, 4) is 22.3 Å². The van der Waals surface area contributed by atoms with E-state index in [0.29, 0.717) is 42.9 Å². The number of nitrogens with zero attached hydrogens (tertiary/aromatic N) is 2. The summed E-state index contributed by atoms with van der Waals surface area (Å²) in [7, 11) is 0. The lowest BCUT2D eigenvalue weighted by Crippen LogP contribution is -2.52. The van der Waals surface area contributed by atoms with Crippen LogP contribution in [-0.2, 0) is 22.4 Å². The quantitative estimate of drug-likeness (QED) is 0.0321. The molecule has 86 heavy (non-hydrogen) atoms. The summed E-state index contributed by atoms with van der Waals surface area (Å²) >= 11 is 3.39. The number of fused-ring (bicyclic) bond motifs is 2. The van der Waals surface area contributed by atoms with Crippen LogP contribution >= 0.6 is 35.1 Å². The third-order valence-corrected chi connectivity index (χ3v) is 17.8. The molecule has 0 radical (unpaired) electrons. The van der Waals surface area contributed by atoms with Crippen LogP contribution in [-0.4, -0.2) is 85.3 Å². The number of anilines is 2. The number of alkyl halides is 6. The number of thiophene rings is 2. The van der Waals surface area contributed by atoms with E-state index in [4.69, 9.17) is 21.7 Å². The van der Waals surface area contributed by atoms with Gasteiger partial charge in [0, 0.05) is 55.9 Å². The molecule has 1 aliphatic carbocycles. The van der Waals surface area contributed by atoms with Gasteiger partial charge in [-0.1, -0.05) is 36.4 Å². The highest BCUT2D eigenvalue weighted by atomic mass is 35.5. The number of Topliss-reactive ketones (excluding diaryl/α,β-unsaturated/α-hetero) is 1. The van der Waals surface area contributed by atoms with Gasteiger partial charge in [-0.15, -0.1) is 35.1 Å². The number of carboxylic acid groups (broad SMARTS) is 1. The third kappa shape index (κ3) is 16.9. The van der Waals surface area contributed by atoms with Crippen molar-refractivity contribution in [1.82, 2.24) is 15.3 Å². The molecular formula is C65H64ClF6N5O7S2. The van der Waals surface area contributed by atoms with E-state index in [0.717, 1.165) is 69.7 Å². The normalized spacial score (nSPS) is 16.9. The lowest BCUT2D eigenvalue weighted by Gasteiger charge is -2.36. The average Bonchev–Trinajstić information content (AvgIpc) is 1.79. The Balaban J connectivity index is 0.000000212. The maximum Gasteiger partial charge on any atom is 0.417 e. The third-order valence-electron chi connectivity index (χ3n) is 15.1. The number of piperidine rings is 1. The number of hydrogen-bond donors (Lipinski definition) is 6. The molecule has 1 saturated carbocycles. The van der Waals surface area contributed by atoms with Crippen molar-refractivity contribution < 1.29 is 60.8 Å². The highest BCUT2D eigenvalue weighted by Gasteiger charge is 2.55. The zero-order valence-corrected chi connectivity index (χ0v) is 49.4. The summed E-state index contributed by atoms with van der Waals surface area (Å²) in [5.41, 5.74) is 14.6. The Morgan fingerprint density at radius 2 is 1.00 bits per heavy atom. The van der Waals surface area contributed by atoms with E-state index >= 15 is 0 Å². The summed E-state index contributed by atoms with van der Waals surface area (Å²) in [6.45, 7) is 4.59. The van der Waals surface area contributed by atoms with Crippen LogP contribution in [0, 0.1) is 19.8 Å². The smallest absolute Gasteiger partial charge is 0.417 e. The predicted octanol–water partition coefficient (Wildman–Crippen LogP) is 14.6. The molecule has 0 atom stereocenters. The molecule has 0 spiro atoms. The van der Waals surface area contributed by atoms with Crippen LogP contribution in [0.2, 0.25) is 0 Å². The Morgan fingerprint density at radius 3 is 1.37 bits per heavy atom. The molecular weight excluding hydrogens is 1180 g/mol. The van der Waals surface area contributed by atoms with Crippen molar-refractivity contribution in [2.75, 3.05) is 24.6 Å². The van der Waals surface area contributed by atoms with Gasteiger partial charge in [0.2, 0.25) is 0 Å². The first-order chi connectivity index (χ1) is 40.3. The van der Waals surface area contributed by atoms with E-state index < -0.39 is 48.3 Å². The van der Waals surface area contributed by atoms with Crippen molar-refractivity contribution in [1.29, 1.82) is 0 Å². The Labute approximate surface area is 507 Å². The summed E-state index contributed by atoms with van der Waals surface area (Å²) in [4.78, 5) is 59.1. The molecule has 0 unspecified atom stereocenters. The van der Waals surface area contributed by atoms with Gasteiger partial charge in [-0.3, -0.25) is 14.4 Å². The van der Waals surface area contributed by atoms with Crippen molar-refractivity contribution in [3.63, 3.8) is 0 Å². The summed E-state index contributed by atoms with van der Waals surface area (Å²) in [5, 5.41) is 33.0. The minimum atomic E-state index is -4.68. The highest BCUT2D eigenvalue weighted by molar-refractivity contribution is 7.19. The van der Waals surface area contributed by atoms with Crippen LogP contribution in [0.25, 0.3) is 54.6 Å². The molecule has 5 heterocycles. The second kappa shape index (κ2) is 28.3. The zero-order valence-electron chi connectivity index (χ0n) is 46.9. The highest BCUT2D eigenvalue weighted by Crippen LogP contribution is 2.44. The number of allylic oxidation sites excluding steroid dienone is 2. The Bertz CT molecular complexity index is 3740. The summed E-state index contributed by atoms with van der Waals surface area (Å²) in [6.07, 6.45) is 1.51. The van der Waals surface area contributed by atoms with Crippen LogP contribution in [0.3, 0.4) is 0 Å². The number of rotatable bonds is 15. The number of aryl methyl sites for hydroxylation is 4. The number of nitrogens with two attached hydrogens (primary N) is 2. The van der Waals surface area contributed by atoms with Gasteiger partial charge in [0.1, 0.15) is 11.6 Å². The first-order valence-corrected chi connectivity index (χ1v) is 29.1. The van der Waals surface area contributed by atoms with Gasteiger partial charge in [0.05, 0.1) is 5.56 Å². The number of aromatic nitrogens is 2. The van der Waals surface area contributed by atoms with Gasteiger partial charge in [0.15, 0.2) is 28.6 Å². The summed E-state index contributed by atoms with van der Waals surface area (Å²) < 4.78 is 77.9. The molecule has 0 amide bonds. The molecule has 2 fully saturated rings. The largest absolute Gasteiger partial charge is 0.478 e. The second-order valence-corrected chi connectivity index (χ2v) is 23.7. The van der Waals surface area contributed by atoms with Crippen LogP contribution in [0.4, 0.5) is 38.0 Å². The van der Waals surface area contributed by atoms with Gasteiger partial charge in [0.25, 0.3) is 0 Å². The van der Waals surface area contributed by atoms with Crippen LogP contribution in [0.1, 0.15) is 104 Å². The molecule has 2 aliphatic rings. The molecule has 12 nitrogen and oxygen atoms in total. The number of carbonyl (C=O) groups excluding carboxylic acids is 3. The molecule has 8 N–H and O–H groups in total. The van der Waals surface area contributed by atoms with Gasteiger partial charge >= 0.3 is 18.3 Å². The number of nitrogen functional groups attached to an aromatic ring is 2. The molecule has 21 heteroatoms. The molecule has 8 aromatic rings. The standard InChI is InChI=1S/C33H31F3N2O3S.C26H22N2O3S.C6H10F3NO.ClH/c1-20-16-25(22-4-6-23(7-5-22)30(40)24-12-14-32(41,15-13-24)33(34,35)36)17-26-18-28(42-31(20)26)10-9-27(39)8-2-21-3-11-29(37)38-19-21;1-16-12-20(18-4-6-19(7-5-18)26(30)31)13-21-14-23(32-25(16)21)10-9-22(29)8-2-17-3-11-24(27)28-15-17;7-6(8,9)5(11)1-3-10-4-2-5;/h2-8,11,16-19,24,41H,9-10,12-15H2,1H3,(H2,37,38);2-8,11-15H,9-10H2,1H3,(H2,27,28)(H,30,31);10-11H,1-4H2;1H/b2*8-2+;;. The van der Waals surface area contributed by atoms with Crippen molar-refractivity contribution in [2.45, 2.75) is 102 Å². The Morgan fingerprint density at radius 1 is 0.593 bits per heavy atom. The van der Waals surface area contributed by atoms with Crippen molar-refractivity contribution in [2.24, 2.45) is 5.92 Å². The molecule has 10 rings (SSSR count). The maximum atomic E-state index is 13.1. The van der Waals surface area contributed by atoms with Crippen LogP contribution < -0.4 is 16.8 Å². The van der Waals surface area contributed by atoms with Gasteiger partial charge in [-0.2, -0.15) is 26.3 Å². The van der Waals surface area contributed by atoms with Gasteiger partial charge in [-0.25, -0.2) is 14.8 Å². The van der Waals surface area contributed by atoms with Gasteiger partial charge in [-0.05, 0) is 231 Å². The number of aromatic carboxylic acids is 1. The Hall–Kier alpha value is -7.59. The number of carboxylic acids is 1. The number of hydrogen-bond acceptors (Lipinski definition) is 13. The number of aliphatic hydroxyl groups is 2. The minimum absolute atomic E-state index is 0. The monoisotopic (exact) mass is 1240 g/mol. The van der Waals surface area contributed by atoms with E-state index in [9.17, 15) is 50.6 Å². The summed E-state index contributed by atoms with van der Waals surface area (Å²) in [6, 6.07) is 33.8. The Kier molecular flexibility index (Phi) is 21.7. The number of ketones is 3. The zero-order chi connectivity index (χ0) is 61.3. The topological polar surface area (TPSA) is 219 Å². The first-order valence-electron chi connectivity index (χ1n) is 27.4. The lowest BCUT2D eigenvalue weighted by molar-refractivity contribution is -0.271. The summed E-state index contributed by atoms with van der Waals surface area (Å²) in [5.74, 6) is -0.670. The van der Waals surface area contributed by atoms with E-state index in [1.807, 2.05) is 43.3 Å². The fourth-order valence-corrected chi connectivity index (χ4v) is 12.3. The SMILES string of the molecule is Cc1cc(-c2ccc(C(=O)C3CCC(O)(C(F)(F)F)CC3)cc2)cc2cc(CCC(=O)/C=C/c3ccc(N)nc3)sc12.Cc1cc(-c2ccc(C(=O)O)cc2)cc2cc(CCC(=O)/C=C/c3ccc(N)nc3)sc12.Cl.OC1(C(F)(F)F)CCNCC1.